The second kappa shape index (κ2) is 7.91. The number of likely N-dealkylation sites (tertiary alicyclic amines) is 1. The van der Waals surface area contributed by atoms with Gasteiger partial charge in [0, 0.05) is 42.5 Å². The number of hydrazone groups is 1. The molecule has 2 aliphatic heterocycles. The van der Waals surface area contributed by atoms with E-state index in [9.17, 15) is 15.2 Å². The average Bonchev–Trinajstić information content (AvgIpc) is 2.76. The van der Waals surface area contributed by atoms with Gasteiger partial charge < -0.3 is 25.2 Å². The summed E-state index contributed by atoms with van der Waals surface area (Å²) in [6, 6.07) is 7.11. The number of carbonyl (C=O) groups excluding carboxylic acids is 1. The van der Waals surface area contributed by atoms with E-state index in [4.69, 9.17) is 15.2 Å². The summed E-state index contributed by atoms with van der Waals surface area (Å²) >= 11 is 0. The molecule has 1 aromatic rings. The van der Waals surface area contributed by atoms with Gasteiger partial charge in [0.2, 0.25) is 0 Å². The number of nitriles is 1. The highest BCUT2D eigenvalue weighted by Gasteiger charge is 2.78. The van der Waals surface area contributed by atoms with Crippen LogP contribution in [-0.2, 0) is 4.79 Å². The summed E-state index contributed by atoms with van der Waals surface area (Å²) in [7, 11) is 1.50. The molecule has 182 valence electrons. The first-order chi connectivity index (χ1) is 16.0. The van der Waals surface area contributed by atoms with Crippen molar-refractivity contribution < 1.29 is 19.4 Å². The molecule has 0 unspecified atom stereocenters. The average molecular weight is 468 g/mol. The van der Waals surface area contributed by atoms with Crippen molar-refractivity contribution in [2.75, 3.05) is 26.8 Å². The normalized spacial score (nSPS) is 26.3. The molecule has 2 heterocycles. The number of primary amides is 1. The van der Waals surface area contributed by atoms with E-state index >= 15 is 0 Å². The fraction of sp³-hybridized carbons (Fsp3) is 0.560. The van der Waals surface area contributed by atoms with Gasteiger partial charge in [-0.2, -0.15) is 10.4 Å². The quantitative estimate of drug-likeness (QED) is 0.580. The number of rotatable bonds is 6. The minimum Gasteiger partial charge on any atom is -0.495 e. The van der Waals surface area contributed by atoms with Gasteiger partial charge in [-0.15, -0.1) is 0 Å². The smallest absolute Gasteiger partial charge is 0.252 e. The molecular formula is C25H33N5O4. The molecule has 2 fully saturated rings. The van der Waals surface area contributed by atoms with Crippen LogP contribution in [0.4, 0.5) is 0 Å². The fourth-order valence-corrected chi connectivity index (χ4v) is 6.57. The van der Waals surface area contributed by atoms with E-state index in [1.807, 2.05) is 11.0 Å². The van der Waals surface area contributed by atoms with Crippen LogP contribution in [-0.4, -0.2) is 59.7 Å². The van der Waals surface area contributed by atoms with Gasteiger partial charge in [-0.25, -0.2) is 0 Å². The summed E-state index contributed by atoms with van der Waals surface area (Å²) in [4.78, 5) is 15.2. The molecule has 1 atom stereocenters. The van der Waals surface area contributed by atoms with Crippen LogP contribution in [0, 0.1) is 28.1 Å². The van der Waals surface area contributed by atoms with Crippen LogP contribution in [0.15, 0.2) is 35.5 Å². The van der Waals surface area contributed by atoms with Gasteiger partial charge in [-0.05, 0) is 30.7 Å². The van der Waals surface area contributed by atoms with Crippen LogP contribution in [0.2, 0.25) is 0 Å². The van der Waals surface area contributed by atoms with Crippen LogP contribution in [0.3, 0.4) is 0 Å². The lowest BCUT2D eigenvalue weighted by Gasteiger charge is -2.71. The molecule has 9 nitrogen and oxygen atoms in total. The van der Waals surface area contributed by atoms with Crippen molar-refractivity contribution in [1.29, 1.82) is 5.26 Å². The van der Waals surface area contributed by atoms with Crippen molar-refractivity contribution in [3.05, 3.63) is 35.9 Å². The Bertz CT molecular complexity index is 1080. The number of ether oxygens (including phenoxy) is 2. The van der Waals surface area contributed by atoms with Crippen LogP contribution in [0.5, 0.6) is 11.5 Å². The summed E-state index contributed by atoms with van der Waals surface area (Å²) in [6.07, 6.45) is 4.37. The first-order valence-electron chi connectivity index (χ1n) is 11.4. The third-order valence-electron chi connectivity index (χ3n) is 7.67. The summed E-state index contributed by atoms with van der Waals surface area (Å²) in [5.41, 5.74) is 6.13. The highest BCUT2D eigenvalue weighted by atomic mass is 16.5. The van der Waals surface area contributed by atoms with E-state index in [0.29, 0.717) is 36.0 Å². The van der Waals surface area contributed by atoms with E-state index in [-0.39, 0.29) is 12.5 Å². The SMILES string of the molecule is COc1cc(OC2([C@@]3(C(N)=O)C=CC(N4CC(CO)C4)=NN3)C(C)(C)CC2(C)C)ccc1C#N. The van der Waals surface area contributed by atoms with E-state index in [1.165, 1.54) is 7.11 Å². The van der Waals surface area contributed by atoms with Gasteiger partial charge in [0.1, 0.15) is 23.4 Å². The molecule has 4 N–H and O–H groups in total. The lowest BCUT2D eigenvalue weighted by molar-refractivity contribution is -0.258. The molecule has 34 heavy (non-hydrogen) atoms. The van der Waals surface area contributed by atoms with E-state index in [0.717, 1.165) is 6.42 Å². The first-order valence-corrected chi connectivity index (χ1v) is 11.4. The molecule has 3 aliphatic rings. The Hall–Kier alpha value is -3.25. The number of nitrogens with one attached hydrogen (secondary N) is 1. The Labute approximate surface area is 200 Å². The maximum atomic E-state index is 13.2. The minimum atomic E-state index is -1.43. The zero-order chi connectivity index (χ0) is 24.9. The van der Waals surface area contributed by atoms with Crippen LogP contribution in [0.1, 0.15) is 39.7 Å². The maximum Gasteiger partial charge on any atom is 0.252 e. The van der Waals surface area contributed by atoms with Crippen molar-refractivity contribution in [3.8, 4) is 17.6 Å². The number of nitrogens with two attached hydrogens (primary N) is 1. The van der Waals surface area contributed by atoms with Crippen molar-refractivity contribution in [1.82, 2.24) is 10.3 Å². The van der Waals surface area contributed by atoms with Gasteiger partial charge in [0.25, 0.3) is 5.91 Å². The van der Waals surface area contributed by atoms with Gasteiger partial charge in [-0.1, -0.05) is 27.7 Å². The summed E-state index contributed by atoms with van der Waals surface area (Å²) in [5.74, 6) is 1.18. The first kappa shape index (κ1) is 23.9. The van der Waals surface area contributed by atoms with Gasteiger partial charge in [0.15, 0.2) is 11.1 Å². The largest absolute Gasteiger partial charge is 0.495 e. The maximum absolute atomic E-state index is 13.2. The Morgan fingerprint density at radius 1 is 1.32 bits per heavy atom. The van der Waals surface area contributed by atoms with Crippen molar-refractivity contribution in [2.24, 2.45) is 27.6 Å². The highest BCUT2D eigenvalue weighted by Crippen LogP contribution is 2.68. The molecule has 0 bridgehead atoms. The predicted octanol–water partition coefficient (Wildman–Crippen LogP) is 1.76. The van der Waals surface area contributed by atoms with Crippen molar-refractivity contribution in [2.45, 2.75) is 45.3 Å². The molecule has 1 aromatic carbocycles. The fourth-order valence-electron chi connectivity index (χ4n) is 6.57. The molecule has 4 rings (SSSR count). The summed E-state index contributed by atoms with van der Waals surface area (Å²) < 4.78 is 12.1. The second-order valence-electron chi connectivity index (χ2n) is 10.7. The number of carbonyl (C=O) groups is 1. The number of amidine groups is 1. The summed E-state index contributed by atoms with van der Waals surface area (Å²) in [6.45, 7) is 9.77. The minimum absolute atomic E-state index is 0.138. The molecule has 0 radical (unpaired) electrons. The topological polar surface area (TPSA) is 133 Å². The van der Waals surface area contributed by atoms with E-state index < -0.39 is 27.9 Å². The van der Waals surface area contributed by atoms with Crippen LogP contribution in [0.25, 0.3) is 0 Å². The number of nitrogens with zero attached hydrogens (tertiary/aromatic N) is 3. The number of aliphatic hydroxyl groups is 1. The Morgan fingerprint density at radius 2 is 2.00 bits per heavy atom. The molecule has 9 heteroatoms. The molecule has 1 aliphatic carbocycles. The number of hydrogen-bond acceptors (Lipinski definition) is 8. The molecule has 0 spiro atoms. The van der Waals surface area contributed by atoms with E-state index in [1.54, 1.807) is 24.3 Å². The standard InChI is InChI=1S/C25H33N5O4/c1-22(2)15-23(3,4)25(22,34-18-7-6-17(11-26)19(10-18)33-5)24(21(27)32)9-8-20(28-29-24)30-12-16(13-30)14-31/h6-10,16,29,31H,12-15H2,1-5H3,(H2,27,32)/t24-/m0/s1. The summed E-state index contributed by atoms with van der Waals surface area (Å²) in [5, 5.41) is 23.2. The number of methoxy groups -OCH3 is 1. The Morgan fingerprint density at radius 3 is 2.47 bits per heavy atom. The van der Waals surface area contributed by atoms with Crippen molar-refractivity contribution >= 4 is 11.7 Å². The molecule has 1 amide bonds. The molecule has 1 saturated heterocycles. The third kappa shape index (κ3) is 3.16. The molecular weight excluding hydrogens is 434 g/mol. The second-order valence-corrected chi connectivity index (χ2v) is 10.7. The van der Waals surface area contributed by atoms with Gasteiger partial charge in [-0.3, -0.25) is 10.2 Å². The lowest BCUT2D eigenvalue weighted by Crippen LogP contribution is -2.85. The van der Waals surface area contributed by atoms with Crippen molar-refractivity contribution in [3.63, 3.8) is 0 Å². The molecule has 0 aromatic heterocycles. The number of benzene rings is 1. The van der Waals surface area contributed by atoms with E-state index in [2.05, 4.69) is 44.3 Å². The number of hydrogen-bond donors (Lipinski definition) is 3. The monoisotopic (exact) mass is 467 g/mol. The Balaban J connectivity index is 1.77. The predicted molar refractivity (Wildman–Crippen MR) is 127 cm³/mol. The Kier molecular flexibility index (Phi) is 5.56. The van der Waals surface area contributed by atoms with Gasteiger partial charge in [0.05, 0.1) is 12.7 Å². The zero-order valence-electron chi connectivity index (χ0n) is 20.4. The zero-order valence-corrected chi connectivity index (χ0v) is 20.4. The van der Waals surface area contributed by atoms with Crippen LogP contribution < -0.4 is 20.6 Å². The van der Waals surface area contributed by atoms with Gasteiger partial charge >= 0.3 is 0 Å². The number of aliphatic hydroxyl groups excluding tert-OH is 1. The third-order valence-corrected chi connectivity index (χ3v) is 7.67. The molecule has 1 saturated carbocycles. The highest BCUT2D eigenvalue weighted by molar-refractivity contribution is 5.98. The van der Waals surface area contributed by atoms with Crippen LogP contribution >= 0.6 is 0 Å². The lowest BCUT2D eigenvalue weighted by atomic mass is 9.39. The number of amides is 1.